The minimum atomic E-state index is -0.358. The summed E-state index contributed by atoms with van der Waals surface area (Å²) in [5, 5.41) is 0.569. The van der Waals surface area contributed by atoms with Crippen molar-refractivity contribution in [1.29, 1.82) is 0 Å². The lowest BCUT2D eigenvalue weighted by Crippen LogP contribution is -2.38. The summed E-state index contributed by atoms with van der Waals surface area (Å²) in [6.07, 6.45) is 2.97. The van der Waals surface area contributed by atoms with Crippen molar-refractivity contribution in [3.05, 3.63) is 106 Å². The highest BCUT2D eigenvalue weighted by Crippen LogP contribution is 2.24. The molecule has 1 amide bonds. The molecule has 0 fully saturated rings. The molecule has 0 saturated heterocycles. The number of benzene rings is 3. The minimum Gasteiger partial charge on any atom is -0.333 e. The van der Waals surface area contributed by atoms with Gasteiger partial charge in [0.25, 0.3) is 5.56 Å². The van der Waals surface area contributed by atoms with Crippen LogP contribution in [-0.4, -0.2) is 26.9 Å². The van der Waals surface area contributed by atoms with Crippen LogP contribution in [0.2, 0.25) is 0 Å². The van der Waals surface area contributed by atoms with Crippen LogP contribution in [0.3, 0.4) is 0 Å². The summed E-state index contributed by atoms with van der Waals surface area (Å²) in [5.41, 5.74) is 3.55. The molecule has 0 spiro atoms. The van der Waals surface area contributed by atoms with Crippen molar-refractivity contribution >= 4 is 16.8 Å². The molecule has 3 aromatic carbocycles. The summed E-state index contributed by atoms with van der Waals surface area (Å²) < 4.78 is 1.68. The van der Waals surface area contributed by atoms with E-state index in [2.05, 4.69) is 6.92 Å². The first-order chi connectivity index (χ1) is 17.0. The van der Waals surface area contributed by atoms with Crippen LogP contribution in [0.1, 0.15) is 56.1 Å². The molecule has 0 aliphatic heterocycles. The Balaban J connectivity index is 1.76. The van der Waals surface area contributed by atoms with Gasteiger partial charge in [-0.3, -0.25) is 14.2 Å². The van der Waals surface area contributed by atoms with Crippen LogP contribution in [0.25, 0.3) is 16.6 Å². The fraction of sp³-hybridized carbons (Fsp3) is 0.300. The molecule has 0 aliphatic carbocycles. The normalized spacial score (nSPS) is 12.0. The van der Waals surface area contributed by atoms with Crippen LogP contribution in [-0.2, 0) is 11.2 Å². The number of carbonyl (C=O) groups excluding carboxylic acids is 1. The number of carbonyl (C=O) groups is 1. The Hall–Kier alpha value is -3.73. The van der Waals surface area contributed by atoms with Crippen molar-refractivity contribution in [2.45, 2.75) is 52.5 Å². The maximum absolute atomic E-state index is 13.7. The van der Waals surface area contributed by atoms with Gasteiger partial charge >= 0.3 is 0 Å². The first-order valence-electron chi connectivity index (χ1n) is 12.4. The van der Waals surface area contributed by atoms with Gasteiger partial charge < -0.3 is 4.90 Å². The molecular formula is C30H33N3O2. The number of rotatable bonds is 9. The van der Waals surface area contributed by atoms with Crippen LogP contribution >= 0.6 is 0 Å². The van der Waals surface area contributed by atoms with E-state index in [9.17, 15) is 9.59 Å². The number of para-hydroxylation sites is 1. The van der Waals surface area contributed by atoms with E-state index in [-0.39, 0.29) is 17.5 Å². The summed E-state index contributed by atoms with van der Waals surface area (Å²) in [5.74, 6) is 0.661. The molecule has 1 heterocycles. The van der Waals surface area contributed by atoms with Gasteiger partial charge in [-0.05, 0) is 56.5 Å². The van der Waals surface area contributed by atoms with Crippen LogP contribution in [0.15, 0.2) is 83.7 Å². The van der Waals surface area contributed by atoms with Crippen molar-refractivity contribution in [1.82, 2.24) is 14.5 Å². The maximum Gasteiger partial charge on any atom is 0.266 e. The van der Waals surface area contributed by atoms with Crippen molar-refractivity contribution < 1.29 is 4.79 Å². The number of aromatic nitrogens is 2. The Morgan fingerprint density at radius 3 is 2.37 bits per heavy atom. The van der Waals surface area contributed by atoms with Crippen LogP contribution in [0.5, 0.6) is 0 Å². The molecule has 4 aromatic rings. The summed E-state index contributed by atoms with van der Waals surface area (Å²) in [6, 6.07) is 25.0. The molecule has 0 saturated carbocycles. The lowest BCUT2D eigenvalue weighted by molar-refractivity contribution is -0.133. The SMILES string of the molecule is CCCCN(C(=O)CCc1ccccc1)C(C)c1nc2ccccc2c(=O)n1-c1ccc(C)cc1. The zero-order valence-electron chi connectivity index (χ0n) is 20.8. The van der Waals surface area contributed by atoms with Gasteiger partial charge in [-0.25, -0.2) is 4.98 Å². The lowest BCUT2D eigenvalue weighted by atomic mass is 10.1. The molecule has 0 radical (unpaired) electrons. The van der Waals surface area contributed by atoms with Gasteiger partial charge in [0.05, 0.1) is 22.6 Å². The Morgan fingerprint density at radius 1 is 0.971 bits per heavy atom. The van der Waals surface area contributed by atoms with E-state index in [4.69, 9.17) is 4.98 Å². The average molecular weight is 468 g/mol. The number of hydrogen-bond donors (Lipinski definition) is 0. The van der Waals surface area contributed by atoms with E-state index in [1.165, 1.54) is 0 Å². The fourth-order valence-electron chi connectivity index (χ4n) is 4.42. The summed E-state index contributed by atoms with van der Waals surface area (Å²) >= 11 is 0. The lowest BCUT2D eigenvalue weighted by Gasteiger charge is -2.31. The molecule has 0 N–H and O–H groups in total. The highest BCUT2D eigenvalue weighted by molar-refractivity contribution is 5.79. The van der Waals surface area contributed by atoms with E-state index in [1.54, 1.807) is 4.57 Å². The molecule has 0 aliphatic rings. The third-order valence-electron chi connectivity index (χ3n) is 6.48. The molecule has 5 nitrogen and oxygen atoms in total. The Labute approximate surface area is 207 Å². The highest BCUT2D eigenvalue weighted by Gasteiger charge is 2.26. The van der Waals surface area contributed by atoms with Gasteiger partial charge in [0.1, 0.15) is 5.82 Å². The van der Waals surface area contributed by atoms with Crippen molar-refractivity contribution in [3.63, 3.8) is 0 Å². The number of hydrogen-bond acceptors (Lipinski definition) is 3. The van der Waals surface area contributed by atoms with Gasteiger partial charge in [0, 0.05) is 13.0 Å². The zero-order chi connectivity index (χ0) is 24.8. The van der Waals surface area contributed by atoms with Crippen LogP contribution < -0.4 is 5.56 Å². The second kappa shape index (κ2) is 11.1. The summed E-state index contributed by atoms with van der Waals surface area (Å²) in [4.78, 5) is 34.0. The van der Waals surface area contributed by atoms with Gasteiger partial charge in [-0.2, -0.15) is 0 Å². The molecule has 5 heteroatoms. The molecule has 0 bridgehead atoms. The fourth-order valence-corrected chi connectivity index (χ4v) is 4.42. The van der Waals surface area contributed by atoms with Crippen molar-refractivity contribution in [3.8, 4) is 5.69 Å². The molecule has 1 unspecified atom stereocenters. The Kier molecular flexibility index (Phi) is 7.76. The summed E-state index contributed by atoms with van der Waals surface area (Å²) in [7, 11) is 0. The number of amides is 1. The van der Waals surface area contributed by atoms with E-state index >= 15 is 0 Å². The van der Waals surface area contributed by atoms with E-state index in [0.717, 1.165) is 29.7 Å². The monoisotopic (exact) mass is 467 g/mol. The smallest absolute Gasteiger partial charge is 0.266 e. The van der Waals surface area contributed by atoms with Crippen molar-refractivity contribution in [2.24, 2.45) is 0 Å². The van der Waals surface area contributed by atoms with Gasteiger partial charge in [0.2, 0.25) is 5.91 Å². The van der Waals surface area contributed by atoms with Crippen molar-refractivity contribution in [2.75, 3.05) is 6.54 Å². The maximum atomic E-state index is 13.7. The van der Waals surface area contributed by atoms with Gasteiger partial charge in [-0.15, -0.1) is 0 Å². The molecule has 1 atom stereocenters. The third-order valence-corrected chi connectivity index (χ3v) is 6.48. The predicted molar refractivity (Wildman–Crippen MR) is 142 cm³/mol. The predicted octanol–water partition coefficient (Wildman–Crippen LogP) is 6.02. The van der Waals surface area contributed by atoms with Crippen LogP contribution in [0, 0.1) is 6.92 Å². The Bertz CT molecular complexity index is 1340. The first-order valence-corrected chi connectivity index (χ1v) is 12.4. The molecule has 35 heavy (non-hydrogen) atoms. The van der Waals surface area contributed by atoms with Crippen LogP contribution in [0.4, 0.5) is 0 Å². The first kappa shape index (κ1) is 24.4. The standard InChI is InChI=1S/C30H33N3O2/c1-4-5-21-32(28(34)20-17-24-11-7-6-8-12-24)23(3)29-31-27-14-10-9-13-26(27)30(35)33(29)25-18-15-22(2)16-19-25/h6-16,18-19,23H,4-5,17,20-21H2,1-3H3. The third kappa shape index (κ3) is 5.51. The Morgan fingerprint density at radius 2 is 1.66 bits per heavy atom. The van der Waals surface area contributed by atoms with Gasteiger partial charge in [-0.1, -0.05) is 73.5 Å². The molecule has 180 valence electrons. The minimum absolute atomic E-state index is 0.0765. The number of aryl methyl sites for hydroxylation is 2. The second-order valence-corrected chi connectivity index (χ2v) is 9.07. The highest BCUT2D eigenvalue weighted by atomic mass is 16.2. The quantitative estimate of drug-likeness (QED) is 0.303. The average Bonchev–Trinajstić information content (AvgIpc) is 2.89. The molecule has 4 rings (SSSR count). The number of nitrogens with zero attached hydrogens (tertiary/aromatic N) is 3. The largest absolute Gasteiger partial charge is 0.333 e. The van der Waals surface area contributed by atoms with E-state index in [0.29, 0.717) is 36.1 Å². The van der Waals surface area contributed by atoms with E-state index in [1.807, 2.05) is 97.6 Å². The molecular weight excluding hydrogens is 434 g/mol. The zero-order valence-corrected chi connectivity index (χ0v) is 20.8. The van der Waals surface area contributed by atoms with E-state index < -0.39 is 0 Å². The second-order valence-electron chi connectivity index (χ2n) is 9.07. The number of unbranched alkanes of at least 4 members (excludes halogenated alkanes) is 1. The summed E-state index contributed by atoms with van der Waals surface area (Å²) in [6.45, 7) is 6.75. The number of fused-ring (bicyclic) bond motifs is 1. The van der Waals surface area contributed by atoms with Gasteiger partial charge in [0.15, 0.2) is 0 Å². The molecule has 1 aromatic heterocycles. The topological polar surface area (TPSA) is 55.2 Å².